The van der Waals surface area contributed by atoms with Crippen molar-refractivity contribution < 1.29 is 0 Å². The molecule has 0 aliphatic heterocycles. The molecule has 0 aliphatic rings. The van der Waals surface area contributed by atoms with E-state index in [-0.39, 0.29) is 5.92 Å². The lowest BCUT2D eigenvalue weighted by atomic mass is 10.0. The van der Waals surface area contributed by atoms with E-state index in [1.165, 1.54) is 0 Å². The van der Waals surface area contributed by atoms with Crippen molar-refractivity contribution in [2.24, 2.45) is 12.8 Å². The topological polar surface area (TPSA) is 56.7 Å². The Labute approximate surface area is 105 Å². The molecule has 0 radical (unpaired) electrons. The van der Waals surface area contributed by atoms with Crippen LogP contribution in [0.15, 0.2) is 17.6 Å². The molecule has 2 aromatic heterocycles. The number of nitrogens with zero attached hydrogens (tertiary/aromatic N) is 3. The van der Waals surface area contributed by atoms with Crippen molar-refractivity contribution in [3.63, 3.8) is 0 Å². The summed E-state index contributed by atoms with van der Waals surface area (Å²) in [5, 5.41) is 7.57. The van der Waals surface area contributed by atoms with Crippen LogP contribution in [0.1, 0.15) is 42.1 Å². The van der Waals surface area contributed by atoms with E-state index in [1.54, 1.807) is 11.3 Å². The summed E-state index contributed by atoms with van der Waals surface area (Å²) in [6.07, 6.45) is 1.82. The molecule has 1 unspecified atom stereocenters. The third kappa shape index (κ3) is 2.40. The Bertz CT molecular complexity index is 473. The Kier molecular flexibility index (Phi) is 3.59. The number of aryl methyl sites for hydroxylation is 1. The molecule has 0 aromatic carbocycles. The van der Waals surface area contributed by atoms with E-state index in [0.29, 0.717) is 12.5 Å². The molecule has 2 N–H and O–H groups in total. The summed E-state index contributed by atoms with van der Waals surface area (Å²) in [4.78, 5) is 4.36. The van der Waals surface area contributed by atoms with Crippen LogP contribution in [0.3, 0.4) is 0 Å². The predicted molar refractivity (Wildman–Crippen MR) is 70.3 cm³/mol. The highest BCUT2D eigenvalue weighted by atomic mass is 32.1. The number of aromatic nitrogens is 3. The highest BCUT2D eigenvalue weighted by Gasteiger charge is 2.20. The molecule has 0 saturated heterocycles. The third-order valence-corrected chi connectivity index (χ3v) is 3.76. The Hall–Kier alpha value is -1.20. The summed E-state index contributed by atoms with van der Waals surface area (Å²) in [5.41, 5.74) is 8.13. The third-order valence-electron chi connectivity index (χ3n) is 2.87. The van der Waals surface area contributed by atoms with Crippen molar-refractivity contribution in [2.75, 3.05) is 6.54 Å². The quantitative estimate of drug-likeness (QED) is 0.904. The van der Waals surface area contributed by atoms with Crippen LogP contribution >= 0.6 is 11.3 Å². The number of rotatable bonds is 4. The second-order valence-electron chi connectivity index (χ2n) is 4.43. The van der Waals surface area contributed by atoms with E-state index in [2.05, 4.69) is 30.0 Å². The molecule has 0 amide bonds. The van der Waals surface area contributed by atoms with Crippen molar-refractivity contribution in [3.8, 4) is 0 Å². The van der Waals surface area contributed by atoms with Gasteiger partial charge in [-0.1, -0.05) is 13.8 Å². The molecule has 2 heterocycles. The molecule has 5 heteroatoms. The molecule has 17 heavy (non-hydrogen) atoms. The van der Waals surface area contributed by atoms with Crippen molar-refractivity contribution in [2.45, 2.75) is 25.7 Å². The van der Waals surface area contributed by atoms with Crippen LogP contribution < -0.4 is 5.73 Å². The molecule has 0 bridgehead atoms. The van der Waals surface area contributed by atoms with Gasteiger partial charge in [0.25, 0.3) is 0 Å². The van der Waals surface area contributed by atoms with Gasteiger partial charge in [-0.3, -0.25) is 4.68 Å². The second kappa shape index (κ2) is 4.98. The second-order valence-corrected chi connectivity index (χ2v) is 5.36. The first-order valence-electron chi connectivity index (χ1n) is 5.76. The smallest absolute Gasteiger partial charge is 0.103 e. The molecule has 0 fully saturated rings. The first kappa shape index (κ1) is 12.3. The molecule has 1 atom stereocenters. The Morgan fingerprint density at radius 3 is 2.71 bits per heavy atom. The van der Waals surface area contributed by atoms with Crippen molar-refractivity contribution in [1.82, 2.24) is 14.8 Å². The van der Waals surface area contributed by atoms with Gasteiger partial charge in [0.1, 0.15) is 5.01 Å². The minimum Gasteiger partial charge on any atom is -0.329 e. The zero-order chi connectivity index (χ0) is 12.4. The standard InChI is InChI=1S/C12H18N4S/c1-8(2)10-6-11(16(3)15-10)9(7-13)12-14-4-5-17-12/h4-6,8-9H,7,13H2,1-3H3. The molecule has 0 saturated carbocycles. The van der Waals surface area contributed by atoms with Crippen LogP contribution in [0, 0.1) is 0 Å². The lowest BCUT2D eigenvalue weighted by molar-refractivity contribution is 0.647. The molecule has 4 nitrogen and oxygen atoms in total. The molecular weight excluding hydrogens is 232 g/mol. The van der Waals surface area contributed by atoms with Crippen LogP contribution in [0.5, 0.6) is 0 Å². The van der Waals surface area contributed by atoms with Gasteiger partial charge in [-0.15, -0.1) is 11.3 Å². The van der Waals surface area contributed by atoms with Crippen molar-refractivity contribution >= 4 is 11.3 Å². The van der Waals surface area contributed by atoms with Gasteiger partial charge in [-0.05, 0) is 12.0 Å². The lowest BCUT2D eigenvalue weighted by Gasteiger charge is -2.11. The fourth-order valence-electron chi connectivity index (χ4n) is 1.87. The largest absolute Gasteiger partial charge is 0.329 e. The molecule has 92 valence electrons. The summed E-state index contributed by atoms with van der Waals surface area (Å²) in [5.74, 6) is 0.588. The summed E-state index contributed by atoms with van der Waals surface area (Å²) in [6.45, 7) is 4.85. The molecule has 0 spiro atoms. The first-order chi connectivity index (χ1) is 8.13. The summed E-state index contributed by atoms with van der Waals surface area (Å²) in [7, 11) is 1.97. The number of hydrogen-bond donors (Lipinski definition) is 1. The maximum absolute atomic E-state index is 5.88. The average Bonchev–Trinajstić information content (AvgIpc) is 2.90. The fraction of sp³-hybridized carbons (Fsp3) is 0.500. The van der Waals surface area contributed by atoms with Gasteiger partial charge in [-0.2, -0.15) is 5.10 Å². The Morgan fingerprint density at radius 1 is 1.47 bits per heavy atom. The number of thiazole rings is 1. The summed E-state index contributed by atoms with van der Waals surface area (Å²) in [6, 6.07) is 2.14. The number of hydrogen-bond acceptors (Lipinski definition) is 4. The fourth-order valence-corrected chi connectivity index (χ4v) is 2.63. The normalized spacial score (nSPS) is 13.2. The van der Waals surface area contributed by atoms with E-state index in [0.717, 1.165) is 16.4 Å². The van der Waals surface area contributed by atoms with Gasteiger partial charge in [0.2, 0.25) is 0 Å². The van der Waals surface area contributed by atoms with Gasteiger partial charge in [0.15, 0.2) is 0 Å². The van der Waals surface area contributed by atoms with Gasteiger partial charge < -0.3 is 5.73 Å². The molecule has 0 aliphatic carbocycles. The Balaban J connectivity index is 2.37. The lowest BCUT2D eigenvalue weighted by Crippen LogP contribution is -2.16. The zero-order valence-electron chi connectivity index (χ0n) is 10.4. The van der Waals surface area contributed by atoms with Gasteiger partial charge in [0.05, 0.1) is 11.6 Å². The van der Waals surface area contributed by atoms with Crippen LogP contribution in [-0.2, 0) is 7.05 Å². The summed E-state index contributed by atoms with van der Waals surface area (Å²) >= 11 is 1.64. The minimum atomic E-state index is 0.153. The highest BCUT2D eigenvalue weighted by Crippen LogP contribution is 2.27. The van der Waals surface area contributed by atoms with Gasteiger partial charge in [0, 0.05) is 30.9 Å². The maximum Gasteiger partial charge on any atom is 0.103 e. The van der Waals surface area contributed by atoms with Crippen LogP contribution in [0.4, 0.5) is 0 Å². The van der Waals surface area contributed by atoms with Crippen LogP contribution in [-0.4, -0.2) is 21.3 Å². The Morgan fingerprint density at radius 2 is 2.24 bits per heavy atom. The van der Waals surface area contributed by atoms with Crippen molar-refractivity contribution in [3.05, 3.63) is 34.0 Å². The molecule has 2 aromatic rings. The first-order valence-corrected chi connectivity index (χ1v) is 6.64. The van der Waals surface area contributed by atoms with Gasteiger partial charge >= 0.3 is 0 Å². The zero-order valence-corrected chi connectivity index (χ0v) is 11.2. The van der Waals surface area contributed by atoms with E-state index < -0.39 is 0 Å². The van der Waals surface area contributed by atoms with Crippen molar-refractivity contribution in [1.29, 1.82) is 0 Å². The van der Waals surface area contributed by atoms with E-state index >= 15 is 0 Å². The SMILES string of the molecule is CC(C)c1cc(C(CN)c2nccs2)n(C)n1. The monoisotopic (exact) mass is 250 g/mol. The van der Waals surface area contributed by atoms with Crippen LogP contribution in [0.25, 0.3) is 0 Å². The minimum absolute atomic E-state index is 0.153. The predicted octanol–water partition coefficient (Wildman–Crippen LogP) is 2.09. The summed E-state index contributed by atoms with van der Waals surface area (Å²) < 4.78 is 1.92. The highest BCUT2D eigenvalue weighted by molar-refractivity contribution is 7.09. The molecule has 2 rings (SSSR count). The van der Waals surface area contributed by atoms with Gasteiger partial charge in [-0.25, -0.2) is 4.98 Å². The van der Waals surface area contributed by atoms with Crippen LogP contribution in [0.2, 0.25) is 0 Å². The molecular formula is C12H18N4S. The van der Waals surface area contributed by atoms with E-state index in [4.69, 9.17) is 5.73 Å². The van der Waals surface area contributed by atoms with E-state index in [9.17, 15) is 0 Å². The average molecular weight is 250 g/mol. The maximum atomic E-state index is 5.88. The van der Waals surface area contributed by atoms with E-state index in [1.807, 2.05) is 23.3 Å². The number of nitrogens with two attached hydrogens (primary N) is 1.